The van der Waals surface area contributed by atoms with Crippen LogP contribution in [0, 0.1) is 6.92 Å². The van der Waals surface area contributed by atoms with Crippen LogP contribution in [0.3, 0.4) is 0 Å². The highest BCUT2D eigenvalue weighted by atomic mass is 16.5. The maximum atomic E-state index is 5.76. The number of rotatable bonds is 6. The van der Waals surface area contributed by atoms with Crippen LogP contribution in [0.2, 0.25) is 0 Å². The number of benzene rings is 1. The highest BCUT2D eigenvalue weighted by molar-refractivity contribution is 5.45. The van der Waals surface area contributed by atoms with Gasteiger partial charge in [-0.1, -0.05) is 19.9 Å². The SMILES string of the molecule is COc1cc(C)c(C(CCN)N(C)C)cc1C(C)C. The third kappa shape index (κ3) is 3.71. The van der Waals surface area contributed by atoms with E-state index < -0.39 is 0 Å². The fraction of sp³-hybridized carbons (Fsp3) is 0.625. The van der Waals surface area contributed by atoms with Gasteiger partial charge >= 0.3 is 0 Å². The fourth-order valence-corrected chi connectivity index (χ4v) is 2.55. The van der Waals surface area contributed by atoms with Crippen LogP contribution in [0.15, 0.2) is 12.1 Å². The highest BCUT2D eigenvalue weighted by Crippen LogP contribution is 2.34. The number of hydrogen-bond donors (Lipinski definition) is 1. The number of hydrogen-bond acceptors (Lipinski definition) is 3. The van der Waals surface area contributed by atoms with E-state index >= 15 is 0 Å². The quantitative estimate of drug-likeness (QED) is 0.858. The largest absolute Gasteiger partial charge is 0.496 e. The number of nitrogens with zero attached hydrogens (tertiary/aromatic N) is 1. The van der Waals surface area contributed by atoms with Gasteiger partial charge in [-0.3, -0.25) is 0 Å². The highest BCUT2D eigenvalue weighted by Gasteiger charge is 2.19. The Labute approximate surface area is 117 Å². The zero-order valence-corrected chi connectivity index (χ0v) is 13.2. The molecule has 0 aliphatic carbocycles. The van der Waals surface area contributed by atoms with Crippen molar-refractivity contribution in [1.82, 2.24) is 4.90 Å². The second-order valence-corrected chi connectivity index (χ2v) is 5.66. The topological polar surface area (TPSA) is 38.5 Å². The maximum Gasteiger partial charge on any atom is 0.122 e. The molecule has 0 spiro atoms. The molecular weight excluding hydrogens is 236 g/mol. The van der Waals surface area contributed by atoms with Crippen molar-refractivity contribution in [1.29, 1.82) is 0 Å². The second-order valence-electron chi connectivity index (χ2n) is 5.66. The summed E-state index contributed by atoms with van der Waals surface area (Å²) in [5, 5.41) is 0. The predicted molar refractivity (Wildman–Crippen MR) is 81.9 cm³/mol. The lowest BCUT2D eigenvalue weighted by Crippen LogP contribution is -2.23. The molecule has 0 saturated carbocycles. The average molecular weight is 264 g/mol. The molecule has 0 fully saturated rings. The van der Waals surface area contributed by atoms with Crippen LogP contribution in [0.25, 0.3) is 0 Å². The maximum absolute atomic E-state index is 5.76. The van der Waals surface area contributed by atoms with E-state index in [2.05, 4.69) is 51.9 Å². The summed E-state index contributed by atoms with van der Waals surface area (Å²) < 4.78 is 5.50. The molecule has 1 rings (SSSR count). The summed E-state index contributed by atoms with van der Waals surface area (Å²) >= 11 is 0. The van der Waals surface area contributed by atoms with Gasteiger partial charge in [-0.2, -0.15) is 0 Å². The first-order chi connectivity index (χ1) is 8.92. The monoisotopic (exact) mass is 264 g/mol. The number of ether oxygens (including phenoxy) is 1. The van der Waals surface area contributed by atoms with E-state index in [-0.39, 0.29) is 0 Å². The second kappa shape index (κ2) is 6.92. The third-order valence-corrected chi connectivity index (χ3v) is 3.66. The van der Waals surface area contributed by atoms with E-state index in [0.29, 0.717) is 18.5 Å². The lowest BCUT2D eigenvalue weighted by molar-refractivity contribution is 0.285. The number of aryl methyl sites for hydroxylation is 1. The van der Waals surface area contributed by atoms with Crippen LogP contribution in [-0.2, 0) is 0 Å². The summed E-state index contributed by atoms with van der Waals surface area (Å²) in [6.07, 6.45) is 0.970. The molecule has 1 aromatic rings. The zero-order chi connectivity index (χ0) is 14.6. The van der Waals surface area contributed by atoms with Gasteiger partial charge in [-0.15, -0.1) is 0 Å². The van der Waals surface area contributed by atoms with Crippen LogP contribution in [0.4, 0.5) is 0 Å². The van der Waals surface area contributed by atoms with Crippen LogP contribution in [0.1, 0.15) is 48.9 Å². The zero-order valence-electron chi connectivity index (χ0n) is 13.2. The standard InChI is InChI=1S/C16H28N2O/c1-11(2)13-10-14(12(3)9-16(13)19-6)15(7-8-17)18(4)5/h9-11,15H,7-8,17H2,1-6H3. The van der Waals surface area contributed by atoms with Crippen LogP contribution in [-0.4, -0.2) is 32.6 Å². The average Bonchev–Trinajstić information content (AvgIpc) is 2.35. The Bertz CT molecular complexity index is 413. The molecular formula is C16H28N2O. The molecule has 0 bridgehead atoms. The normalized spacial score (nSPS) is 13.1. The van der Waals surface area contributed by atoms with Gasteiger partial charge in [-0.05, 0) is 62.7 Å². The van der Waals surface area contributed by atoms with Crippen molar-refractivity contribution in [2.24, 2.45) is 5.73 Å². The summed E-state index contributed by atoms with van der Waals surface area (Å²) in [5.41, 5.74) is 9.66. The van der Waals surface area contributed by atoms with Crippen molar-refractivity contribution >= 4 is 0 Å². The molecule has 1 atom stereocenters. The molecule has 2 N–H and O–H groups in total. The van der Waals surface area contributed by atoms with E-state index in [1.54, 1.807) is 7.11 Å². The summed E-state index contributed by atoms with van der Waals surface area (Å²) in [6, 6.07) is 4.81. The summed E-state index contributed by atoms with van der Waals surface area (Å²) in [7, 11) is 5.96. The first-order valence-electron chi connectivity index (χ1n) is 6.97. The van der Waals surface area contributed by atoms with Crippen molar-refractivity contribution in [2.45, 2.75) is 39.2 Å². The Morgan fingerprint density at radius 2 is 1.84 bits per heavy atom. The van der Waals surface area contributed by atoms with Crippen LogP contribution >= 0.6 is 0 Å². The molecule has 0 aromatic heterocycles. The van der Waals surface area contributed by atoms with Gasteiger partial charge < -0.3 is 15.4 Å². The van der Waals surface area contributed by atoms with E-state index in [9.17, 15) is 0 Å². The van der Waals surface area contributed by atoms with E-state index in [4.69, 9.17) is 10.5 Å². The predicted octanol–water partition coefficient (Wildman–Crippen LogP) is 3.08. The number of methoxy groups -OCH3 is 1. The van der Waals surface area contributed by atoms with Gasteiger partial charge in [-0.25, -0.2) is 0 Å². The van der Waals surface area contributed by atoms with Crippen molar-refractivity contribution in [3.63, 3.8) is 0 Å². The Morgan fingerprint density at radius 1 is 1.21 bits per heavy atom. The van der Waals surface area contributed by atoms with Gasteiger partial charge in [0.15, 0.2) is 0 Å². The smallest absolute Gasteiger partial charge is 0.122 e. The Balaban J connectivity index is 3.30. The summed E-state index contributed by atoms with van der Waals surface area (Å²) in [5.74, 6) is 1.44. The first-order valence-corrected chi connectivity index (χ1v) is 6.97. The van der Waals surface area contributed by atoms with Crippen molar-refractivity contribution in [2.75, 3.05) is 27.7 Å². The lowest BCUT2D eigenvalue weighted by Gasteiger charge is -2.27. The lowest BCUT2D eigenvalue weighted by atomic mass is 9.91. The molecule has 3 nitrogen and oxygen atoms in total. The van der Waals surface area contributed by atoms with Crippen LogP contribution in [0.5, 0.6) is 5.75 Å². The van der Waals surface area contributed by atoms with Gasteiger partial charge in [0.1, 0.15) is 5.75 Å². The van der Waals surface area contributed by atoms with E-state index in [1.807, 2.05) is 0 Å². The fourth-order valence-electron chi connectivity index (χ4n) is 2.55. The van der Waals surface area contributed by atoms with Gasteiger partial charge in [0, 0.05) is 6.04 Å². The molecule has 0 amide bonds. The number of nitrogens with two attached hydrogens (primary N) is 1. The van der Waals surface area contributed by atoms with Gasteiger partial charge in [0.2, 0.25) is 0 Å². The van der Waals surface area contributed by atoms with Crippen molar-refractivity contribution in [3.05, 3.63) is 28.8 Å². The Hall–Kier alpha value is -1.06. The van der Waals surface area contributed by atoms with Crippen molar-refractivity contribution in [3.8, 4) is 5.75 Å². The molecule has 1 aromatic carbocycles. The van der Waals surface area contributed by atoms with Gasteiger partial charge in [0.25, 0.3) is 0 Å². The molecule has 19 heavy (non-hydrogen) atoms. The molecule has 1 unspecified atom stereocenters. The molecule has 0 aliphatic heterocycles. The minimum absolute atomic E-state index is 0.369. The molecule has 0 saturated heterocycles. The molecule has 0 heterocycles. The minimum atomic E-state index is 0.369. The molecule has 108 valence electrons. The van der Waals surface area contributed by atoms with Crippen LogP contribution < -0.4 is 10.5 Å². The summed E-state index contributed by atoms with van der Waals surface area (Å²) in [6.45, 7) is 7.25. The summed E-state index contributed by atoms with van der Waals surface area (Å²) in [4.78, 5) is 2.24. The Kier molecular flexibility index (Phi) is 5.83. The van der Waals surface area contributed by atoms with E-state index in [1.165, 1.54) is 16.7 Å². The van der Waals surface area contributed by atoms with E-state index in [0.717, 1.165) is 12.2 Å². The Morgan fingerprint density at radius 3 is 2.26 bits per heavy atom. The molecule has 0 aliphatic rings. The van der Waals surface area contributed by atoms with Crippen molar-refractivity contribution < 1.29 is 4.74 Å². The van der Waals surface area contributed by atoms with Gasteiger partial charge in [0.05, 0.1) is 7.11 Å². The first kappa shape index (κ1) is 16.0. The molecule has 3 heteroatoms. The minimum Gasteiger partial charge on any atom is -0.496 e. The third-order valence-electron chi connectivity index (χ3n) is 3.66. The molecule has 0 radical (unpaired) electrons.